The van der Waals surface area contributed by atoms with Crippen molar-refractivity contribution in [3.05, 3.63) is 21.4 Å². The molecule has 0 saturated heterocycles. The Bertz CT molecular complexity index is 428. The normalized spacial score (nSPS) is 10.7. The van der Waals surface area contributed by atoms with Crippen LogP contribution in [-0.4, -0.2) is 15.8 Å². The lowest BCUT2D eigenvalue weighted by Crippen LogP contribution is -1.83. The summed E-state index contributed by atoms with van der Waals surface area (Å²) in [4.78, 5) is 8.26. The van der Waals surface area contributed by atoms with Crippen molar-refractivity contribution in [2.45, 2.75) is 6.42 Å². The summed E-state index contributed by atoms with van der Waals surface area (Å²) in [6.07, 6.45) is 2.31. The van der Waals surface area contributed by atoms with Crippen molar-refractivity contribution in [1.29, 1.82) is 0 Å². The quantitative estimate of drug-likeness (QED) is 0.815. The minimum absolute atomic E-state index is 0.512. The smallest absolute Gasteiger partial charge is 0.196 e. The van der Waals surface area contributed by atoms with Gasteiger partial charge in [-0.3, -0.25) is 0 Å². The minimum Gasteiger partial charge on any atom is -0.439 e. The molecular weight excluding hydrogens is 288 g/mol. The van der Waals surface area contributed by atoms with Crippen molar-refractivity contribution in [2.75, 3.05) is 5.88 Å². The van der Waals surface area contributed by atoms with Gasteiger partial charge in [-0.15, -0.1) is 22.9 Å². The fourth-order valence-corrected chi connectivity index (χ4v) is 2.23. The van der Waals surface area contributed by atoms with Crippen LogP contribution in [0.15, 0.2) is 19.9 Å². The van der Waals surface area contributed by atoms with Gasteiger partial charge in [-0.05, 0) is 15.9 Å². The molecule has 2 aromatic heterocycles. The number of rotatable bonds is 3. The molecule has 6 heteroatoms. The zero-order valence-corrected chi connectivity index (χ0v) is 10.2. The zero-order chi connectivity index (χ0) is 9.97. The molecule has 0 bridgehead atoms. The molecule has 0 unspecified atom stereocenters. The molecule has 0 spiro atoms. The van der Waals surface area contributed by atoms with Crippen LogP contribution in [0.1, 0.15) is 5.89 Å². The summed E-state index contributed by atoms with van der Waals surface area (Å²) in [5, 5.41) is 0. The fourth-order valence-electron chi connectivity index (χ4n) is 1.01. The summed E-state index contributed by atoms with van der Waals surface area (Å²) in [5.41, 5.74) is 2.55. The van der Waals surface area contributed by atoms with E-state index in [1.165, 1.54) is 11.3 Å². The molecule has 3 nitrogen and oxygen atoms in total. The molecule has 2 rings (SSSR count). The molecule has 0 aromatic carbocycles. The van der Waals surface area contributed by atoms with Gasteiger partial charge in [0.1, 0.15) is 9.48 Å². The average molecular weight is 294 g/mol. The van der Waals surface area contributed by atoms with Gasteiger partial charge in [-0.25, -0.2) is 9.97 Å². The SMILES string of the molecule is ClCCc1ncc(-c2ncsc2Br)o1. The van der Waals surface area contributed by atoms with Crippen molar-refractivity contribution in [3.8, 4) is 11.5 Å². The molecule has 0 radical (unpaired) electrons. The molecule has 0 aliphatic carbocycles. The molecular formula is C8H6BrClN2OS. The summed E-state index contributed by atoms with van der Waals surface area (Å²) in [5.74, 6) is 1.84. The molecule has 0 N–H and O–H groups in total. The highest BCUT2D eigenvalue weighted by Gasteiger charge is 2.11. The van der Waals surface area contributed by atoms with Crippen LogP contribution >= 0.6 is 38.9 Å². The Balaban J connectivity index is 2.29. The van der Waals surface area contributed by atoms with E-state index >= 15 is 0 Å². The van der Waals surface area contributed by atoms with E-state index in [1.807, 2.05) is 0 Å². The lowest BCUT2D eigenvalue weighted by molar-refractivity contribution is 0.513. The van der Waals surface area contributed by atoms with E-state index in [1.54, 1.807) is 11.7 Å². The molecule has 0 aliphatic heterocycles. The lowest BCUT2D eigenvalue weighted by atomic mass is 10.4. The predicted molar refractivity (Wildman–Crippen MR) is 59.7 cm³/mol. The van der Waals surface area contributed by atoms with E-state index in [2.05, 4.69) is 25.9 Å². The van der Waals surface area contributed by atoms with Crippen molar-refractivity contribution < 1.29 is 4.42 Å². The van der Waals surface area contributed by atoms with Gasteiger partial charge in [0.2, 0.25) is 0 Å². The van der Waals surface area contributed by atoms with Gasteiger partial charge in [0.05, 0.1) is 11.7 Å². The van der Waals surface area contributed by atoms with E-state index in [9.17, 15) is 0 Å². The molecule has 0 atom stereocenters. The number of hydrogen-bond acceptors (Lipinski definition) is 4. The van der Waals surface area contributed by atoms with E-state index < -0.39 is 0 Å². The first-order chi connectivity index (χ1) is 6.81. The topological polar surface area (TPSA) is 38.9 Å². The van der Waals surface area contributed by atoms with Crippen molar-refractivity contribution in [1.82, 2.24) is 9.97 Å². The second kappa shape index (κ2) is 4.42. The van der Waals surface area contributed by atoms with Gasteiger partial charge in [-0.1, -0.05) is 0 Å². The average Bonchev–Trinajstić information content (AvgIpc) is 2.74. The molecule has 0 fully saturated rings. The summed E-state index contributed by atoms with van der Waals surface area (Å²) in [6, 6.07) is 0. The lowest BCUT2D eigenvalue weighted by Gasteiger charge is -1.90. The van der Waals surface area contributed by atoms with Gasteiger partial charge in [-0.2, -0.15) is 0 Å². The third-order valence-electron chi connectivity index (χ3n) is 1.62. The van der Waals surface area contributed by atoms with E-state index in [0.29, 0.717) is 24.0 Å². The van der Waals surface area contributed by atoms with Crippen LogP contribution in [0.5, 0.6) is 0 Å². The Kier molecular flexibility index (Phi) is 3.20. The van der Waals surface area contributed by atoms with Gasteiger partial charge < -0.3 is 4.42 Å². The van der Waals surface area contributed by atoms with Crippen LogP contribution in [0, 0.1) is 0 Å². The fraction of sp³-hybridized carbons (Fsp3) is 0.250. The van der Waals surface area contributed by atoms with Gasteiger partial charge >= 0.3 is 0 Å². The summed E-state index contributed by atoms with van der Waals surface area (Å²) in [7, 11) is 0. The molecule has 0 saturated carbocycles. The molecule has 2 aromatic rings. The molecule has 0 aliphatic rings. The molecule has 2 heterocycles. The zero-order valence-electron chi connectivity index (χ0n) is 7.04. The van der Waals surface area contributed by atoms with Crippen LogP contribution in [0.3, 0.4) is 0 Å². The molecule has 0 amide bonds. The third-order valence-corrected chi connectivity index (χ3v) is 3.36. The number of oxazole rings is 1. The number of nitrogens with zero attached hydrogens (tertiary/aromatic N) is 2. The largest absolute Gasteiger partial charge is 0.439 e. The van der Waals surface area contributed by atoms with E-state index in [-0.39, 0.29) is 0 Å². The van der Waals surface area contributed by atoms with Crippen LogP contribution < -0.4 is 0 Å². The maximum Gasteiger partial charge on any atom is 0.196 e. The second-order valence-electron chi connectivity index (χ2n) is 2.53. The van der Waals surface area contributed by atoms with Crippen LogP contribution in [0.25, 0.3) is 11.5 Å². The maximum absolute atomic E-state index is 5.58. The van der Waals surface area contributed by atoms with Gasteiger partial charge in [0.15, 0.2) is 11.7 Å². The summed E-state index contributed by atoms with van der Waals surface area (Å²) in [6.45, 7) is 0. The Morgan fingerprint density at radius 3 is 3.00 bits per heavy atom. The van der Waals surface area contributed by atoms with Gasteiger partial charge in [0, 0.05) is 12.3 Å². The van der Waals surface area contributed by atoms with Crippen molar-refractivity contribution >= 4 is 38.9 Å². The van der Waals surface area contributed by atoms with Crippen molar-refractivity contribution in [3.63, 3.8) is 0 Å². The first-order valence-electron chi connectivity index (χ1n) is 3.91. The number of aromatic nitrogens is 2. The third kappa shape index (κ3) is 1.99. The van der Waals surface area contributed by atoms with Crippen LogP contribution in [0.4, 0.5) is 0 Å². The Morgan fingerprint density at radius 2 is 2.36 bits per heavy atom. The highest BCUT2D eigenvalue weighted by molar-refractivity contribution is 9.11. The highest BCUT2D eigenvalue weighted by atomic mass is 79.9. The molecule has 74 valence electrons. The highest BCUT2D eigenvalue weighted by Crippen LogP contribution is 2.30. The van der Waals surface area contributed by atoms with Crippen LogP contribution in [0.2, 0.25) is 0 Å². The summed E-state index contributed by atoms with van der Waals surface area (Å²) >= 11 is 10.5. The van der Waals surface area contributed by atoms with Crippen LogP contribution in [-0.2, 0) is 6.42 Å². The number of thiazole rings is 1. The second-order valence-corrected chi connectivity index (χ2v) is 5.08. The maximum atomic E-state index is 5.58. The van der Waals surface area contributed by atoms with Crippen molar-refractivity contribution in [2.24, 2.45) is 0 Å². The van der Waals surface area contributed by atoms with E-state index in [4.69, 9.17) is 16.0 Å². The number of alkyl halides is 1. The van der Waals surface area contributed by atoms with E-state index in [0.717, 1.165) is 9.48 Å². The Labute approximate surface area is 98.3 Å². The standard InChI is InChI=1S/C8H6BrClN2OS/c9-8-7(12-4-14-8)5-3-11-6(13-5)1-2-10/h3-4H,1-2H2. The Morgan fingerprint density at radius 1 is 1.50 bits per heavy atom. The number of hydrogen-bond donors (Lipinski definition) is 0. The first-order valence-corrected chi connectivity index (χ1v) is 6.12. The summed E-state index contributed by atoms with van der Waals surface area (Å²) < 4.78 is 6.42. The number of aryl methyl sites for hydroxylation is 1. The number of halogens is 2. The van der Waals surface area contributed by atoms with Gasteiger partial charge in [0.25, 0.3) is 0 Å². The monoisotopic (exact) mass is 292 g/mol. The first kappa shape index (κ1) is 10.1. The predicted octanol–water partition coefficient (Wildman–Crippen LogP) is 3.34. The molecule has 14 heavy (non-hydrogen) atoms. The minimum atomic E-state index is 0.512. The Hall–Kier alpha value is -0.390.